The zero-order valence-electron chi connectivity index (χ0n) is 17.2. The van der Waals surface area contributed by atoms with Crippen LogP contribution in [-0.4, -0.2) is 33.1 Å². The number of thiophene rings is 1. The fourth-order valence-electron chi connectivity index (χ4n) is 3.91. The molecule has 0 bridgehead atoms. The number of piperidine rings is 1. The highest BCUT2D eigenvalue weighted by molar-refractivity contribution is 7.13. The molecule has 5 rings (SSSR count). The first-order chi connectivity index (χ1) is 16.0. The number of hydrogen-bond donors (Lipinski definition) is 0. The molecule has 0 amide bonds. The first-order valence-corrected chi connectivity index (χ1v) is 12.8. The molecule has 11 heteroatoms. The van der Waals surface area contributed by atoms with Crippen molar-refractivity contribution in [1.29, 1.82) is 0 Å². The number of rotatable bonds is 6. The summed E-state index contributed by atoms with van der Waals surface area (Å²) < 4.78 is 5.54. The zero-order valence-corrected chi connectivity index (χ0v) is 20.4. The number of nitro groups is 1. The minimum atomic E-state index is -0.331. The van der Waals surface area contributed by atoms with E-state index in [1.165, 1.54) is 11.3 Å². The highest BCUT2D eigenvalue weighted by Crippen LogP contribution is 2.35. The van der Waals surface area contributed by atoms with Crippen LogP contribution in [0.5, 0.6) is 0 Å². The average Bonchev–Trinajstić information content (AvgIpc) is 3.57. The second kappa shape index (κ2) is 9.52. The maximum absolute atomic E-state index is 10.9. The first-order valence-electron chi connectivity index (χ1n) is 10.3. The summed E-state index contributed by atoms with van der Waals surface area (Å²) in [6.07, 6.45) is 2.01. The predicted octanol–water partition coefficient (Wildman–Crippen LogP) is 7.12. The van der Waals surface area contributed by atoms with E-state index in [0.717, 1.165) is 54.3 Å². The summed E-state index contributed by atoms with van der Waals surface area (Å²) in [5.74, 6) is 1.02. The van der Waals surface area contributed by atoms with Gasteiger partial charge in [-0.15, -0.1) is 11.3 Å². The molecule has 0 radical (unpaired) electrons. The van der Waals surface area contributed by atoms with Gasteiger partial charge in [0.25, 0.3) is 0 Å². The second-order valence-electron chi connectivity index (χ2n) is 7.88. The number of likely N-dealkylation sites (tertiary alicyclic amines) is 1. The van der Waals surface area contributed by atoms with Crippen LogP contribution in [0.3, 0.4) is 0 Å². The van der Waals surface area contributed by atoms with Gasteiger partial charge in [0.1, 0.15) is 11.4 Å². The maximum atomic E-state index is 10.9. The summed E-state index contributed by atoms with van der Waals surface area (Å²) in [6, 6.07) is 8.89. The van der Waals surface area contributed by atoms with Crippen LogP contribution in [0.1, 0.15) is 29.3 Å². The molecule has 170 valence electrons. The van der Waals surface area contributed by atoms with Gasteiger partial charge in [0, 0.05) is 40.9 Å². The Balaban J connectivity index is 1.21. The third-order valence-electron chi connectivity index (χ3n) is 5.66. The molecule has 7 nitrogen and oxygen atoms in total. The molecule has 0 aliphatic carbocycles. The van der Waals surface area contributed by atoms with Gasteiger partial charge in [-0.3, -0.25) is 15.0 Å². The van der Waals surface area contributed by atoms with Crippen molar-refractivity contribution in [2.24, 2.45) is 0 Å². The molecule has 0 saturated carbocycles. The summed E-state index contributed by atoms with van der Waals surface area (Å²) in [5, 5.41) is 21.2. The molecule has 0 N–H and O–H groups in total. The molecule has 33 heavy (non-hydrogen) atoms. The van der Waals surface area contributed by atoms with Crippen molar-refractivity contribution in [1.82, 2.24) is 15.0 Å². The Morgan fingerprint density at radius 2 is 1.91 bits per heavy atom. The van der Waals surface area contributed by atoms with Gasteiger partial charge in [0.15, 0.2) is 5.76 Å². The number of thiazole rings is 1. The van der Waals surface area contributed by atoms with Crippen LogP contribution in [0.15, 0.2) is 45.6 Å². The lowest BCUT2D eigenvalue weighted by Gasteiger charge is -2.30. The second-order valence-corrected chi connectivity index (χ2v) is 10.5. The van der Waals surface area contributed by atoms with Crippen LogP contribution in [0.4, 0.5) is 5.00 Å². The van der Waals surface area contributed by atoms with Crippen molar-refractivity contribution in [2.75, 3.05) is 13.1 Å². The molecule has 0 spiro atoms. The van der Waals surface area contributed by atoms with E-state index in [1.807, 2.05) is 22.9 Å². The van der Waals surface area contributed by atoms with Crippen LogP contribution >= 0.6 is 45.9 Å². The van der Waals surface area contributed by atoms with Crippen molar-refractivity contribution >= 4 is 50.9 Å². The normalized spacial score (nSPS) is 15.2. The Kier molecular flexibility index (Phi) is 6.49. The van der Waals surface area contributed by atoms with Gasteiger partial charge in [-0.2, -0.15) is 0 Å². The van der Waals surface area contributed by atoms with Crippen LogP contribution in [0, 0.1) is 10.1 Å². The fraction of sp³-hybridized carbons (Fsp3) is 0.273. The number of nitrogens with zero attached hydrogens (tertiary/aromatic N) is 4. The van der Waals surface area contributed by atoms with Gasteiger partial charge < -0.3 is 4.52 Å². The molecule has 4 heterocycles. The Morgan fingerprint density at radius 1 is 1.09 bits per heavy atom. The number of aromatic nitrogens is 2. The van der Waals surface area contributed by atoms with Gasteiger partial charge in [-0.1, -0.05) is 45.8 Å². The summed E-state index contributed by atoms with van der Waals surface area (Å²) in [7, 11) is 0. The predicted molar refractivity (Wildman–Crippen MR) is 131 cm³/mol. The quantitative estimate of drug-likeness (QED) is 0.198. The Bertz CT molecular complexity index is 1290. The standard InChI is InChI=1S/C22H18Cl2N4O3S2/c23-16-2-1-15(8-17(16)24)18-9-20(31-26-18)19-12-33-22(25-19)14-3-5-27(6-4-14)10-13-7-21(28(29)30)32-11-13/h1-2,7-9,11-12,14H,3-6,10H2. The number of benzene rings is 1. The Labute approximate surface area is 207 Å². The van der Waals surface area contributed by atoms with E-state index in [4.69, 9.17) is 32.7 Å². The van der Waals surface area contributed by atoms with Crippen molar-refractivity contribution in [3.05, 3.63) is 71.8 Å². The van der Waals surface area contributed by atoms with E-state index in [0.29, 0.717) is 27.4 Å². The van der Waals surface area contributed by atoms with E-state index >= 15 is 0 Å². The molecule has 1 aromatic carbocycles. The van der Waals surface area contributed by atoms with Crippen LogP contribution in [-0.2, 0) is 6.54 Å². The maximum Gasteiger partial charge on any atom is 0.324 e. The topological polar surface area (TPSA) is 85.3 Å². The first kappa shape index (κ1) is 22.5. The van der Waals surface area contributed by atoms with Gasteiger partial charge >= 0.3 is 5.00 Å². The summed E-state index contributed by atoms with van der Waals surface area (Å²) >= 11 is 14.9. The minimum absolute atomic E-state index is 0.199. The van der Waals surface area contributed by atoms with Crippen molar-refractivity contribution < 1.29 is 9.45 Å². The van der Waals surface area contributed by atoms with Crippen LogP contribution in [0.25, 0.3) is 22.7 Å². The molecule has 1 aliphatic heterocycles. The van der Waals surface area contributed by atoms with E-state index in [9.17, 15) is 10.1 Å². The monoisotopic (exact) mass is 520 g/mol. The highest BCUT2D eigenvalue weighted by Gasteiger charge is 2.24. The minimum Gasteiger partial charge on any atom is -0.354 e. The summed E-state index contributed by atoms with van der Waals surface area (Å²) in [4.78, 5) is 17.7. The molecule has 4 aromatic rings. The molecule has 1 fully saturated rings. The van der Waals surface area contributed by atoms with Crippen molar-refractivity contribution in [3.8, 4) is 22.7 Å². The smallest absolute Gasteiger partial charge is 0.324 e. The lowest BCUT2D eigenvalue weighted by molar-refractivity contribution is -0.380. The number of hydrogen-bond acceptors (Lipinski definition) is 8. The lowest BCUT2D eigenvalue weighted by atomic mass is 9.97. The van der Waals surface area contributed by atoms with Crippen LogP contribution < -0.4 is 0 Å². The van der Waals surface area contributed by atoms with E-state index in [-0.39, 0.29) is 9.92 Å². The van der Waals surface area contributed by atoms with Crippen molar-refractivity contribution in [3.63, 3.8) is 0 Å². The lowest BCUT2D eigenvalue weighted by Crippen LogP contribution is -2.32. The molecule has 0 unspecified atom stereocenters. The van der Waals surface area contributed by atoms with E-state index in [1.54, 1.807) is 29.5 Å². The molecular weight excluding hydrogens is 503 g/mol. The van der Waals surface area contributed by atoms with Gasteiger partial charge in [-0.25, -0.2) is 4.98 Å². The van der Waals surface area contributed by atoms with Gasteiger partial charge in [-0.05, 0) is 43.6 Å². The third kappa shape index (κ3) is 4.97. The van der Waals surface area contributed by atoms with Gasteiger partial charge in [0.2, 0.25) is 0 Å². The van der Waals surface area contributed by atoms with E-state index < -0.39 is 0 Å². The average molecular weight is 521 g/mol. The molecular formula is C22H18Cl2N4O3S2. The highest BCUT2D eigenvalue weighted by atomic mass is 35.5. The number of halogens is 2. The van der Waals surface area contributed by atoms with Gasteiger partial charge in [0.05, 0.1) is 20.0 Å². The van der Waals surface area contributed by atoms with Crippen LogP contribution in [0.2, 0.25) is 10.0 Å². The SMILES string of the molecule is O=[N+]([O-])c1cc(CN2CCC(c3nc(-c4cc(-c5ccc(Cl)c(Cl)c5)no4)cs3)CC2)cs1. The zero-order chi connectivity index (χ0) is 22.9. The Hall–Kier alpha value is -2.30. The molecule has 1 saturated heterocycles. The summed E-state index contributed by atoms with van der Waals surface area (Å²) in [6.45, 7) is 2.62. The van der Waals surface area contributed by atoms with Crippen molar-refractivity contribution in [2.45, 2.75) is 25.3 Å². The summed E-state index contributed by atoms with van der Waals surface area (Å²) in [5.41, 5.74) is 3.30. The molecule has 1 aliphatic rings. The Morgan fingerprint density at radius 3 is 2.64 bits per heavy atom. The molecule has 0 atom stereocenters. The third-order valence-corrected chi connectivity index (χ3v) is 8.34. The molecule has 3 aromatic heterocycles. The largest absolute Gasteiger partial charge is 0.354 e. The fourth-order valence-corrected chi connectivity index (χ4v) is 5.91. The van der Waals surface area contributed by atoms with E-state index in [2.05, 4.69) is 10.1 Å².